The molecule has 0 aromatic heterocycles. The summed E-state index contributed by atoms with van der Waals surface area (Å²) in [5.41, 5.74) is 2.11. The molecule has 1 aliphatic heterocycles. The molecule has 0 unspecified atom stereocenters. The lowest BCUT2D eigenvalue weighted by Gasteiger charge is -2.09. The van der Waals surface area contributed by atoms with E-state index in [2.05, 4.69) is 10.0 Å². The van der Waals surface area contributed by atoms with Crippen molar-refractivity contribution in [3.63, 3.8) is 0 Å². The van der Waals surface area contributed by atoms with E-state index in [4.69, 9.17) is 4.74 Å². The van der Waals surface area contributed by atoms with Gasteiger partial charge in [-0.1, -0.05) is 0 Å². The lowest BCUT2D eigenvalue weighted by atomic mass is 10.2. The molecular weight excluding hydrogens is 288 g/mol. The van der Waals surface area contributed by atoms with E-state index in [1.165, 1.54) is 0 Å². The van der Waals surface area contributed by atoms with E-state index in [1.54, 1.807) is 12.1 Å². The molecule has 2 N–H and O–H groups in total. The van der Waals surface area contributed by atoms with E-state index in [0.717, 1.165) is 37.1 Å². The lowest BCUT2D eigenvalue weighted by Crippen LogP contribution is -2.25. The van der Waals surface area contributed by atoms with Crippen LogP contribution < -0.4 is 10.0 Å². The summed E-state index contributed by atoms with van der Waals surface area (Å²) in [6.07, 6.45) is 2.74. The van der Waals surface area contributed by atoms with E-state index < -0.39 is 10.0 Å². The fourth-order valence-electron chi connectivity index (χ4n) is 2.28. The van der Waals surface area contributed by atoms with E-state index in [9.17, 15) is 8.42 Å². The monoisotopic (exact) mass is 312 g/mol. The van der Waals surface area contributed by atoms with Gasteiger partial charge in [0.2, 0.25) is 10.0 Å². The van der Waals surface area contributed by atoms with Gasteiger partial charge >= 0.3 is 0 Å². The molecule has 1 aliphatic rings. The van der Waals surface area contributed by atoms with Crippen LogP contribution in [0.25, 0.3) is 0 Å². The minimum Gasteiger partial charge on any atom is -0.384 e. The summed E-state index contributed by atoms with van der Waals surface area (Å²) in [6.45, 7) is 5.97. The van der Waals surface area contributed by atoms with Crippen molar-refractivity contribution >= 4 is 15.7 Å². The van der Waals surface area contributed by atoms with Crippen molar-refractivity contribution in [3.8, 4) is 0 Å². The van der Waals surface area contributed by atoms with Crippen molar-refractivity contribution < 1.29 is 13.2 Å². The number of unbranched alkanes of at least 4 members (excludes halogenated alkanes) is 1. The van der Waals surface area contributed by atoms with Crippen molar-refractivity contribution in [1.29, 1.82) is 0 Å². The molecule has 118 valence electrons. The van der Waals surface area contributed by atoms with Crippen LogP contribution in [0, 0.1) is 0 Å². The van der Waals surface area contributed by atoms with Gasteiger partial charge in [0.15, 0.2) is 0 Å². The third kappa shape index (κ3) is 4.69. The van der Waals surface area contributed by atoms with Gasteiger partial charge in [0.1, 0.15) is 0 Å². The summed E-state index contributed by atoms with van der Waals surface area (Å²) in [5, 5.41) is 3.23. The van der Waals surface area contributed by atoms with Crippen LogP contribution in [0.1, 0.15) is 32.3 Å². The molecule has 0 saturated carbocycles. The smallest absolute Gasteiger partial charge is 0.240 e. The van der Waals surface area contributed by atoms with Gasteiger partial charge in [-0.05, 0) is 56.9 Å². The normalized spacial score (nSPS) is 14.2. The highest BCUT2D eigenvalue weighted by atomic mass is 32.2. The van der Waals surface area contributed by atoms with E-state index in [0.29, 0.717) is 18.0 Å². The molecule has 0 spiro atoms. The first kappa shape index (κ1) is 16.3. The summed E-state index contributed by atoms with van der Waals surface area (Å²) in [7, 11) is -3.40. The Morgan fingerprint density at radius 2 is 2.14 bits per heavy atom. The first-order chi connectivity index (χ1) is 9.99. The molecule has 21 heavy (non-hydrogen) atoms. The fraction of sp³-hybridized carbons (Fsp3) is 0.600. The average molecular weight is 312 g/mol. The van der Waals surface area contributed by atoms with Crippen LogP contribution >= 0.6 is 0 Å². The molecule has 1 aromatic carbocycles. The van der Waals surface area contributed by atoms with Gasteiger partial charge in [-0.2, -0.15) is 0 Å². The molecule has 0 bridgehead atoms. The topological polar surface area (TPSA) is 67.4 Å². The van der Waals surface area contributed by atoms with Gasteiger partial charge in [0, 0.05) is 25.4 Å². The molecule has 0 fully saturated rings. The second-order valence-corrected chi connectivity index (χ2v) is 7.29. The first-order valence-corrected chi connectivity index (χ1v) is 8.95. The van der Waals surface area contributed by atoms with Crippen molar-refractivity contribution in [2.45, 2.75) is 44.1 Å². The zero-order valence-electron chi connectivity index (χ0n) is 12.7. The number of benzene rings is 1. The van der Waals surface area contributed by atoms with E-state index in [-0.39, 0.29) is 6.10 Å². The van der Waals surface area contributed by atoms with Crippen LogP contribution in [-0.4, -0.2) is 34.2 Å². The largest absolute Gasteiger partial charge is 0.384 e. The summed E-state index contributed by atoms with van der Waals surface area (Å²) in [5.74, 6) is 0. The number of sulfonamides is 1. The molecule has 0 radical (unpaired) electrons. The van der Waals surface area contributed by atoms with Gasteiger partial charge in [-0.25, -0.2) is 13.1 Å². The van der Waals surface area contributed by atoms with Crippen molar-refractivity contribution in [2.24, 2.45) is 0 Å². The van der Waals surface area contributed by atoms with Gasteiger partial charge < -0.3 is 10.1 Å². The number of anilines is 1. The summed E-state index contributed by atoms with van der Waals surface area (Å²) in [6, 6.07) is 5.26. The Morgan fingerprint density at radius 1 is 1.33 bits per heavy atom. The highest BCUT2D eigenvalue weighted by Crippen LogP contribution is 2.24. The molecular formula is C15H24N2O3S. The van der Waals surface area contributed by atoms with Gasteiger partial charge in [0.05, 0.1) is 11.0 Å². The van der Waals surface area contributed by atoms with Crippen LogP contribution in [0.2, 0.25) is 0 Å². The molecule has 0 atom stereocenters. The lowest BCUT2D eigenvalue weighted by molar-refractivity contribution is 0.0762. The standard InChI is InChI=1S/C15H24N2O3S/c1-12(2)20-10-4-3-8-17-21(18,19)14-5-6-15-13(11-14)7-9-16-15/h5-6,11-12,16-17H,3-4,7-10H2,1-2H3. The second-order valence-electron chi connectivity index (χ2n) is 5.52. The van der Waals surface area contributed by atoms with Crippen LogP contribution in [-0.2, 0) is 21.2 Å². The highest BCUT2D eigenvalue weighted by molar-refractivity contribution is 7.89. The van der Waals surface area contributed by atoms with Crippen LogP contribution in [0.3, 0.4) is 0 Å². The minimum absolute atomic E-state index is 0.224. The van der Waals surface area contributed by atoms with Gasteiger partial charge in [0.25, 0.3) is 0 Å². The predicted octanol–water partition coefficient (Wildman–Crippen LogP) is 2.14. The predicted molar refractivity (Wildman–Crippen MR) is 84.1 cm³/mol. The van der Waals surface area contributed by atoms with Crippen molar-refractivity contribution in [3.05, 3.63) is 23.8 Å². The molecule has 0 amide bonds. The number of rotatable bonds is 8. The Bertz CT molecular complexity index is 570. The third-order valence-corrected chi connectivity index (χ3v) is 4.87. The molecule has 0 saturated heterocycles. The zero-order chi connectivity index (χ0) is 15.3. The van der Waals surface area contributed by atoms with E-state index in [1.807, 2.05) is 19.9 Å². The van der Waals surface area contributed by atoms with Crippen LogP contribution in [0.4, 0.5) is 5.69 Å². The van der Waals surface area contributed by atoms with E-state index >= 15 is 0 Å². The fourth-order valence-corrected chi connectivity index (χ4v) is 3.41. The molecule has 1 aromatic rings. The maximum Gasteiger partial charge on any atom is 0.240 e. The number of fused-ring (bicyclic) bond motifs is 1. The van der Waals surface area contributed by atoms with Gasteiger partial charge in [-0.15, -0.1) is 0 Å². The first-order valence-electron chi connectivity index (χ1n) is 7.47. The Kier molecular flexibility index (Phi) is 5.61. The number of nitrogens with one attached hydrogen (secondary N) is 2. The van der Waals surface area contributed by atoms with Crippen molar-refractivity contribution in [1.82, 2.24) is 4.72 Å². The quantitative estimate of drug-likeness (QED) is 0.722. The molecule has 6 heteroatoms. The third-order valence-electron chi connectivity index (χ3n) is 3.41. The van der Waals surface area contributed by atoms with Gasteiger partial charge in [-0.3, -0.25) is 0 Å². The Balaban J connectivity index is 1.82. The zero-order valence-corrected chi connectivity index (χ0v) is 13.5. The summed E-state index contributed by atoms with van der Waals surface area (Å²) >= 11 is 0. The second kappa shape index (κ2) is 7.24. The SMILES string of the molecule is CC(C)OCCCCNS(=O)(=O)c1ccc2c(c1)CCN2. The number of hydrogen-bond acceptors (Lipinski definition) is 4. The Hall–Kier alpha value is -1.11. The molecule has 5 nitrogen and oxygen atoms in total. The number of ether oxygens (including phenoxy) is 1. The maximum absolute atomic E-state index is 12.2. The average Bonchev–Trinajstić information content (AvgIpc) is 2.89. The minimum atomic E-state index is -3.40. The van der Waals surface area contributed by atoms with Crippen LogP contribution in [0.5, 0.6) is 0 Å². The van der Waals surface area contributed by atoms with Crippen LogP contribution in [0.15, 0.2) is 23.1 Å². The Labute approximate surface area is 127 Å². The summed E-state index contributed by atoms with van der Waals surface area (Å²) in [4.78, 5) is 0.350. The maximum atomic E-state index is 12.2. The summed E-state index contributed by atoms with van der Waals surface area (Å²) < 4.78 is 32.5. The highest BCUT2D eigenvalue weighted by Gasteiger charge is 2.17. The molecule has 2 rings (SSSR count). The number of hydrogen-bond donors (Lipinski definition) is 2. The van der Waals surface area contributed by atoms with Crippen molar-refractivity contribution in [2.75, 3.05) is 25.0 Å². The molecule has 1 heterocycles. The Morgan fingerprint density at radius 3 is 2.90 bits per heavy atom. The molecule has 0 aliphatic carbocycles.